The number of carbonyl (C=O) groups is 1. The van der Waals surface area contributed by atoms with Gasteiger partial charge in [0.05, 0.1) is 33.1 Å². The molecular weight excluding hydrogens is 282 g/mol. The average molecular weight is 295 g/mol. The van der Waals surface area contributed by atoms with Crippen LogP contribution in [0, 0.1) is 0 Å². The predicted octanol–water partition coefficient (Wildman–Crippen LogP) is 2.37. The van der Waals surface area contributed by atoms with Gasteiger partial charge >= 0.3 is 0 Å². The molecule has 7 heteroatoms. The van der Waals surface area contributed by atoms with E-state index in [9.17, 15) is 4.79 Å². The molecule has 6 nitrogen and oxygen atoms in total. The van der Waals surface area contributed by atoms with Crippen LogP contribution in [-0.4, -0.2) is 32.8 Å². The summed E-state index contributed by atoms with van der Waals surface area (Å²) in [6, 6.07) is 3.48. The van der Waals surface area contributed by atoms with Crippen molar-refractivity contribution in [3.05, 3.63) is 18.3 Å². The molecule has 1 aromatic heterocycles. The van der Waals surface area contributed by atoms with Crippen molar-refractivity contribution in [3.8, 4) is 32.9 Å². The minimum atomic E-state index is 0.364. The van der Waals surface area contributed by atoms with Gasteiger partial charge in [-0.15, -0.1) is 0 Å². The van der Waals surface area contributed by atoms with Crippen molar-refractivity contribution in [1.29, 1.82) is 0 Å². The molecule has 1 aromatic carbocycles. The number of thiazole rings is 1. The zero-order valence-electron chi connectivity index (χ0n) is 11.2. The standard InChI is InChI=1S/C13H13NO5S/c1-16-9-5-11(18-3)10(17-2)4-8(9)13-14-6-12(20-13)19-7-15/h4-7H,1-3H3. The summed E-state index contributed by atoms with van der Waals surface area (Å²) in [4.78, 5) is 14.5. The Bertz CT molecular complexity index is 611. The molecule has 2 aromatic rings. The van der Waals surface area contributed by atoms with E-state index in [2.05, 4.69) is 4.98 Å². The van der Waals surface area contributed by atoms with Gasteiger partial charge in [0.25, 0.3) is 6.47 Å². The van der Waals surface area contributed by atoms with Crippen molar-refractivity contribution in [3.63, 3.8) is 0 Å². The van der Waals surface area contributed by atoms with Crippen LogP contribution in [-0.2, 0) is 4.79 Å². The van der Waals surface area contributed by atoms with E-state index in [-0.39, 0.29) is 0 Å². The second-order valence-electron chi connectivity index (χ2n) is 3.61. The van der Waals surface area contributed by atoms with Gasteiger partial charge in [0.1, 0.15) is 10.8 Å². The van der Waals surface area contributed by atoms with E-state index in [0.29, 0.717) is 33.8 Å². The maximum absolute atomic E-state index is 10.3. The summed E-state index contributed by atoms with van der Waals surface area (Å²) in [6.45, 7) is 0.364. The number of aromatic nitrogens is 1. The molecule has 0 saturated heterocycles. The van der Waals surface area contributed by atoms with E-state index in [0.717, 1.165) is 5.56 Å². The highest BCUT2D eigenvalue weighted by molar-refractivity contribution is 7.16. The third-order valence-corrected chi connectivity index (χ3v) is 3.51. The van der Waals surface area contributed by atoms with Crippen LogP contribution < -0.4 is 18.9 Å². The molecule has 0 aliphatic rings. The molecule has 0 bridgehead atoms. The summed E-state index contributed by atoms with van der Waals surface area (Å²) in [5, 5.41) is 1.06. The summed E-state index contributed by atoms with van der Waals surface area (Å²) in [6.07, 6.45) is 1.48. The molecule has 0 spiro atoms. The molecule has 0 aliphatic heterocycles. The Labute approximate surface area is 119 Å². The van der Waals surface area contributed by atoms with Crippen molar-refractivity contribution in [2.24, 2.45) is 0 Å². The van der Waals surface area contributed by atoms with Crippen molar-refractivity contribution in [2.45, 2.75) is 0 Å². The Morgan fingerprint density at radius 3 is 2.30 bits per heavy atom. The van der Waals surface area contributed by atoms with E-state index in [1.165, 1.54) is 17.5 Å². The smallest absolute Gasteiger partial charge is 0.299 e. The minimum Gasteiger partial charge on any atom is -0.496 e. The largest absolute Gasteiger partial charge is 0.496 e. The van der Waals surface area contributed by atoms with Gasteiger partial charge in [-0.3, -0.25) is 4.79 Å². The fraction of sp³-hybridized carbons (Fsp3) is 0.231. The molecule has 0 atom stereocenters. The molecule has 1 heterocycles. The van der Waals surface area contributed by atoms with Crippen LogP contribution in [0.2, 0.25) is 0 Å². The van der Waals surface area contributed by atoms with Crippen LogP contribution in [0.5, 0.6) is 22.3 Å². The van der Waals surface area contributed by atoms with Gasteiger partial charge in [0, 0.05) is 6.07 Å². The number of carbonyl (C=O) groups excluding carboxylic acids is 1. The first kappa shape index (κ1) is 14.1. The van der Waals surface area contributed by atoms with Crippen molar-refractivity contribution in [2.75, 3.05) is 21.3 Å². The van der Waals surface area contributed by atoms with Gasteiger partial charge < -0.3 is 18.9 Å². The summed E-state index contributed by atoms with van der Waals surface area (Å²) < 4.78 is 20.6. The molecule has 106 valence electrons. The first-order chi connectivity index (χ1) is 9.73. The lowest BCUT2D eigenvalue weighted by atomic mass is 10.2. The Morgan fingerprint density at radius 2 is 1.70 bits per heavy atom. The Balaban J connectivity index is 2.50. The van der Waals surface area contributed by atoms with Gasteiger partial charge in [-0.25, -0.2) is 4.98 Å². The van der Waals surface area contributed by atoms with Crippen LogP contribution >= 0.6 is 11.3 Å². The average Bonchev–Trinajstić information content (AvgIpc) is 2.94. The summed E-state index contributed by atoms with van der Waals surface area (Å²) in [7, 11) is 4.66. The van der Waals surface area contributed by atoms with Crippen molar-refractivity contribution >= 4 is 17.8 Å². The molecule has 0 amide bonds. The number of methoxy groups -OCH3 is 3. The third kappa shape index (κ3) is 2.67. The molecule has 0 fully saturated rings. The molecular formula is C13H13NO5S. The van der Waals surface area contributed by atoms with Gasteiger partial charge in [0.15, 0.2) is 11.5 Å². The van der Waals surface area contributed by atoms with Crippen molar-refractivity contribution < 1.29 is 23.7 Å². The summed E-state index contributed by atoms with van der Waals surface area (Å²) >= 11 is 1.23. The monoisotopic (exact) mass is 295 g/mol. The highest BCUT2D eigenvalue weighted by atomic mass is 32.1. The quantitative estimate of drug-likeness (QED) is 0.762. The summed E-state index contributed by atoms with van der Waals surface area (Å²) in [5.41, 5.74) is 0.732. The second kappa shape index (κ2) is 6.25. The first-order valence-corrected chi connectivity index (χ1v) is 6.41. The summed E-state index contributed by atoms with van der Waals surface area (Å²) in [5.74, 6) is 1.72. The molecule has 2 rings (SSSR count). The highest BCUT2D eigenvalue weighted by Gasteiger charge is 2.16. The molecule has 0 saturated carbocycles. The molecule has 20 heavy (non-hydrogen) atoms. The number of nitrogens with zero attached hydrogens (tertiary/aromatic N) is 1. The Morgan fingerprint density at radius 1 is 1.05 bits per heavy atom. The minimum absolute atomic E-state index is 0.364. The molecule has 0 radical (unpaired) electrons. The Hall–Kier alpha value is -2.28. The van der Waals surface area contributed by atoms with Crippen LogP contribution in [0.25, 0.3) is 10.6 Å². The van der Waals surface area contributed by atoms with Gasteiger partial charge in [-0.1, -0.05) is 11.3 Å². The zero-order valence-corrected chi connectivity index (χ0v) is 12.0. The first-order valence-electron chi connectivity index (χ1n) is 5.60. The van der Waals surface area contributed by atoms with E-state index in [4.69, 9.17) is 18.9 Å². The van der Waals surface area contributed by atoms with E-state index >= 15 is 0 Å². The number of hydrogen-bond acceptors (Lipinski definition) is 7. The Kier molecular flexibility index (Phi) is 4.41. The lowest BCUT2D eigenvalue weighted by Gasteiger charge is -2.12. The van der Waals surface area contributed by atoms with Crippen LogP contribution in [0.15, 0.2) is 18.3 Å². The van der Waals surface area contributed by atoms with Crippen LogP contribution in [0.1, 0.15) is 0 Å². The third-order valence-electron chi connectivity index (χ3n) is 2.58. The van der Waals surface area contributed by atoms with Crippen LogP contribution in [0.4, 0.5) is 0 Å². The normalized spacial score (nSPS) is 9.95. The van der Waals surface area contributed by atoms with Gasteiger partial charge in [0.2, 0.25) is 5.06 Å². The number of benzene rings is 1. The van der Waals surface area contributed by atoms with E-state index in [1.54, 1.807) is 33.5 Å². The lowest BCUT2D eigenvalue weighted by Crippen LogP contribution is -1.94. The fourth-order valence-electron chi connectivity index (χ4n) is 1.68. The number of ether oxygens (including phenoxy) is 4. The SMILES string of the molecule is COc1cc(OC)c(-c2ncc(OC=O)s2)cc1OC. The highest BCUT2D eigenvalue weighted by Crippen LogP contribution is 2.42. The number of hydrogen-bond donors (Lipinski definition) is 0. The molecule has 0 unspecified atom stereocenters. The van der Waals surface area contributed by atoms with Gasteiger partial charge in [-0.05, 0) is 6.07 Å². The van der Waals surface area contributed by atoms with Crippen LogP contribution in [0.3, 0.4) is 0 Å². The zero-order chi connectivity index (χ0) is 14.5. The van der Waals surface area contributed by atoms with Crippen molar-refractivity contribution in [1.82, 2.24) is 4.98 Å². The van der Waals surface area contributed by atoms with Gasteiger partial charge in [-0.2, -0.15) is 0 Å². The van der Waals surface area contributed by atoms with E-state index in [1.807, 2.05) is 0 Å². The maximum atomic E-state index is 10.3. The molecule has 0 aliphatic carbocycles. The fourth-order valence-corrected chi connectivity index (χ4v) is 2.44. The number of rotatable bonds is 6. The maximum Gasteiger partial charge on any atom is 0.299 e. The second-order valence-corrected chi connectivity index (χ2v) is 4.60. The lowest BCUT2D eigenvalue weighted by molar-refractivity contribution is -0.120. The predicted molar refractivity (Wildman–Crippen MR) is 73.9 cm³/mol. The van der Waals surface area contributed by atoms with E-state index < -0.39 is 0 Å². The molecule has 0 N–H and O–H groups in total. The topological polar surface area (TPSA) is 66.9 Å².